The van der Waals surface area contributed by atoms with Crippen LogP contribution in [0.25, 0.3) is 22.4 Å². The van der Waals surface area contributed by atoms with Crippen molar-refractivity contribution in [2.24, 2.45) is 0 Å². The fourth-order valence-corrected chi connectivity index (χ4v) is 4.04. The van der Waals surface area contributed by atoms with Crippen LogP contribution in [-0.4, -0.2) is 42.9 Å². The van der Waals surface area contributed by atoms with Crippen molar-refractivity contribution in [2.75, 3.05) is 42.0 Å². The Bertz CT molecular complexity index is 1590. The highest BCUT2D eigenvalue weighted by molar-refractivity contribution is 6.05. The molecular formula is C30H28N6O2. The van der Waals surface area contributed by atoms with Crippen LogP contribution in [0.2, 0.25) is 0 Å². The Hall–Kier alpha value is -5.11. The number of aromatic amines is 1. The number of H-pyrrole nitrogens is 1. The number of hydrogen-bond acceptors (Lipinski definition) is 5. The number of rotatable bonds is 7. The Morgan fingerprint density at radius 1 is 0.711 bits per heavy atom. The van der Waals surface area contributed by atoms with Gasteiger partial charge >= 0.3 is 0 Å². The van der Waals surface area contributed by atoms with Gasteiger partial charge in [-0.2, -0.15) is 0 Å². The summed E-state index contributed by atoms with van der Waals surface area (Å²) in [6, 6.07) is 27.8. The first-order chi connectivity index (χ1) is 18.4. The van der Waals surface area contributed by atoms with Gasteiger partial charge in [-0.3, -0.25) is 9.59 Å². The van der Waals surface area contributed by atoms with E-state index in [4.69, 9.17) is 4.98 Å². The zero-order valence-electron chi connectivity index (χ0n) is 21.4. The van der Waals surface area contributed by atoms with Gasteiger partial charge < -0.3 is 25.8 Å². The van der Waals surface area contributed by atoms with E-state index in [0.29, 0.717) is 28.3 Å². The summed E-state index contributed by atoms with van der Waals surface area (Å²) >= 11 is 0. The lowest BCUT2D eigenvalue weighted by Crippen LogP contribution is -2.13. The topological polar surface area (TPSA) is 102 Å². The summed E-state index contributed by atoms with van der Waals surface area (Å²) in [5, 5.41) is 8.90. The standard InChI is InChI=1S/C30H28N6O2/c1-31-22-10-6-20(7-11-22)30(38)33-24-14-17-26-27(18-24)35-28(34-26)19-4-12-23(13-5-19)32-29(37)21-8-15-25(16-9-21)36(2)3/h4-18,31H,1-3H3,(H,32,37)(H,33,38)(H,34,35). The van der Waals surface area contributed by atoms with E-state index < -0.39 is 0 Å². The molecule has 0 saturated heterocycles. The lowest BCUT2D eigenvalue weighted by Gasteiger charge is -2.12. The molecule has 0 aliphatic rings. The molecule has 0 spiro atoms. The molecule has 2 amide bonds. The second kappa shape index (κ2) is 10.5. The molecule has 8 heteroatoms. The second-order valence-corrected chi connectivity index (χ2v) is 9.07. The van der Waals surface area contributed by atoms with Crippen molar-refractivity contribution in [1.29, 1.82) is 0 Å². The number of hydrogen-bond donors (Lipinski definition) is 4. The molecule has 4 N–H and O–H groups in total. The molecule has 1 aromatic heterocycles. The number of aromatic nitrogens is 2. The minimum atomic E-state index is -0.186. The molecule has 0 aliphatic carbocycles. The summed E-state index contributed by atoms with van der Waals surface area (Å²) in [6.07, 6.45) is 0. The van der Waals surface area contributed by atoms with Gasteiger partial charge in [0.25, 0.3) is 11.8 Å². The van der Waals surface area contributed by atoms with Crippen molar-refractivity contribution in [3.05, 3.63) is 102 Å². The molecule has 0 fully saturated rings. The van der Waals surface area contributed by atoms with Gasteiger partial charge in [0, 0.05) is 60.6 Å². The number of anilines is 4. The molecule has 190 valence electrons. The SMILES string of the molecule is CNc1ccc(C(=O)Nc2ccc3[nH]c(-c4ccc(NC(=O)c5ccc(N(C)C)cc5)cc4)nc3c2)cc1. The Morgan fingerprint density at radius 3 is 1.87 bits per heavy atom. The fraction of sp³-hybridized carbons (Fsp3) is 0.100. The molecule has 0 unspecified atom stereocenters. The van der Waals surface area contributed by atoms with Crippen molar-refractivity contribution in [3.63, 3.8) is 0 Å². The number of imidazole rings is 1. The smallest absolute Gasteiger partial charge is 0.255 e. The fourth-order valence-electron chi connectivity index (χ4n) is 4.04. The van der Waals surface area contributed by atoms with Gasteiger partial charge in [0.1, 0.15) is 5.82 Å². The summed E-state index contributed by atoms with van der Waals surface area (Å²) in [4.78, 5) is 35.2. The van der Waals surface area contributed by atoms with E-state index in [2.05, 4.69) is 20.9 Å². The van der Waals surface area contributed by atoms with Crippen LogP contribution in [0.5, 0.6) is 0 Å². The summed E-state index contributed by atoms with van der Waals surface area (Å²) in [5.74, 6) is 0.344. The van der Waals surface area contributed by atoms with Crippen LogP contribution < -0.4 is 20.9 Å². The largest absolute Gasteiger partial charge is 0.388 e. The number of nitrogens with zero attached hydrogens (tertiary/aromatic N) is 2. The monoisotopic (exact) mass is 504 g/mol. The van der Waals surface area contributed by atoms with Gasteiger partial charge in [0.2, 0.25) is 0 Å². The Balaban J connectivity index is 1.26. The third kappa shape index (κ3) is 5.34. The molecule has 0 radical (unpaired) electrons. The number of benzene rings is 4. The van der Waals surface area contributed by atoms with E-state index in [1.54, 1.807) is 12.1 Å². The van der Waals surface area contributed by atoms with Crippen LogP contribution in [0.4, 0.5) is 22.7 Å². The minimum Gasteiger partial charge on any atom is -0.388 e. The van der Waals surface area contributed by atoms with Crippen LogP contribution in [0.1, 0.15) is 20.7 Å². The predicted octanol–water partition coefficient (Wildman–Crippen LogP) is 5.84. The van der Waals surface area contributed by atoms with E-state index in [1.165, 1.54) is 0 Å². The van der Waals surface area contributed by atoms with E-state index >= 15 is 0 Å². The van der Waals surface area contributed by atoms with Crippen LogP contribution in [0.15, 0.2) is 91.0 Å². The van der Waals surface area contributed by atoms with E-state index in [1.807, 2.05) is 105 Å². The molecular weight excluding hydrogens is 476 g/mol. The maximum Gasteiger partial charge on any atom is 0.255 e. The minimum absolute atomic E-state index is 0.167. The summed E-state index contributed by atoms with van der Waals surface area (Å²) in [5.41, 5.74) is 6.97. The summed E-state index contributed by atoms with van der Waals surface area (Å²) in [6.45, 7) is 0. The van der Waals surface area contributed by atoms with Crippen molar-refractivity contribution in [2.45, 2.75) is 0 Å². The molecule has 5 aromatic rings. The number of nitrogens with one attached hydrogen (secondary N) is 4. The van der Waals surface area contributed by atoms with E-state index in [9.17, 15) is 9.59 Å². The average Bonchev–Trinajstić information content (AvgIpc) is 3.37. The van der Waals surface area contributed by atoms with Crippen molar-refractivity contribution in [3.8, 4) is 11.4 Å². The van der Waals surface area contributed by atoms with Crippen LogP contribution in [0, 0.1) is 0 Å². The zero-order valence-corrected chi connectivity index (χ0v) is 21.4. The van der Waals surface area contributed by atoms with Crippen molar-refractivity contribution in [1.82, 2.24) is 9.97 Å². The van der Waals surface area contributed by atoms with E-state index in [0.717, 1.165) is 28.0 Å². The number of fused-ring (bicyclic) bond motifs is 1. The van der Waals surface area contributed by atoms with Gasteiger partial charge in [0.15, 0.2) is 0 Å². The zero-order chi connectivity index (χ0) is 26.6. The number of amides is 2. The Morgan fingerprint density at radius 2 is 1.26 bits per heavy atom. The number of carbonyl (C=O) groups excluding carboxylic acids is 2. The van der Waals surface area contributed by atoms with Crippen molar-refractivity contribution >= 4 is 45.6 Å². The molecule has 0 saturated carbocycles. The van der Waals surface area contributed by atoms with Gasteiger partial charge in [-0.25, -0.2) is 4.98 Å². The third-order valence-corrected chi connectivity index (χ3v) is 6.24. The average molecular weight is 505 g/mol. The first kappa shape index (κ1) is 24.6. The van der Waals surface area contributed by atoms with E-state index in [-0.39, 0.29) is 11.8 Å². The molecule has 5 rings (SSSR count). The Labute approximate surface area is 220 Å². The van der Waals surface area contributed by atoms with Crippen LogP contribution in [-0.2, 0) is 0 Å². The normalized spacial score (nSPS) is 10.7. The highest BCUT2D eigenvalue weighted by Crippen LogP contribution is 2.25. The molecule has 0 atom stereocenters. The lowest BCUT2D eigenvalue weighted by molar-refractivity contribution is 0.101. The maximum atomic E-state index is 12.6. The van der Waals surface area contributed by atoms with Gasteiger partial charge in [-0.1, -0.05) is 0 Å². The molecule has 0 bridgehead atoms. The molecule has 0 aliphatic heterocycles. The summed E-state index contributed by atoms with van der Waals surface area (Å²) < 4.78 is 0. The first-order valence-corrected chi connectivity index (χ1v) is 12.2. The molecule has 1 heterocycles. The lowest BCUT2D eigenvalue weighted by atomic mass is 10.1. The molecule has 4 aromatic carbocycles. The molecule has 8 nitrogen and oxygen atoms in total. The highest BCUT2D eigenvalue weighted by Gasteiger charge is 2.11. The molecule has 38 heavy (non-hydrogen) atoms. The number of carbonyl (C=O) groups is 2. The third-order valence-electron chi connectivity index (χ3n) is 6.24. The van der Waals surface area contributed by atoms with Gasteiger partial charge in [-0.15, -0.1) is 0 Å². The first-order valence-electron chi connectivity index (χ1n) is 12.2. The van der Waals surface area contributed by atoms with Crippen LogP contribution >= 0.6 is 0 Å². The van der Waals surface area contributed by atoms with Crippen LogP contribution in [0.3, 0.4) is 0 Å². The van der Waals surface area contributed by atoms with Crippen molar-refractivity contribution < 1.29 is 9.59 Å². The maximum absolute atomic E-state index is 12.6. The highest BCUT2D eigenvalue weighted by atomic mass is 16.2. The predicted molar refractivity (Wildman–Crippen MR) is 154 cm³/mol. The second-order valence-electron chi connectivity index (χ2n) is 9.07. The van der Waals surface area contributed by atoms with Gasteiger partial charge in [0.05, 0.1) is 11.0 Å². The van der Waals surface area contributed by atoms with Gasteiger partial charge in [-0.05, 0) is 91.0 Å². The quantitative estimate of drug-likeness (QED) is 0.223. The summed E-state index contributed by atoms with van der Waals surface area (Å²) in [7, 11) is 5.75. The Kier molecular flexibility index (Phi) is 6.78.